The summed E-state index contributed by atoms with van der Waals surface area (Å²) in [5, 5.41) is 24.3. The standard InChI is InChI=1S/2C12H11P.C9H12O2/c2*1-3-7-11(8-4-1)13-12-9-5-2-6-10-12;1-2-9(10,11)8-6-4-3-5-7-8/h2*1-10,13H;3-7,10-11H,2H2,1H3. The quantitative estimate of drug-likeness (QED) is 0.216. The molecule has 0 aromatic heterocycles. The molecule has 0 spiro atoms. The molecule has 0 radical (unpaired) electrons. The third-order valence-corrected chi connectivity index (χ3v) is 7.89. The summed E-state index contributed by atoms with van der Waals surface area (Å²) in [5.74, 6) is -1.67. The van der Waals surface area contributed by atoms with E-state index in [0.717, 1.165) is 17.2 Å². The first kappa shape index (κ1) is 28.5. The van der Waals surface area contributed by atoms with E-state index in [2.05, 4.69) is 121 Å². The van der Waals surface area contributed by atoms with Crippen LogP contribution in [0.1, 0.15) is 18.9 Å². The lowest BCUT2D eigenvalue weighted by Gasteiger charge is -2.19. The molecule has 0 fully saturated rings. The lowest BCUT2D eigenvalue weighted by molar-refractivity contribution is -0.171. The topological polar surface area (TPSA) is 40.5 Å². The lowest BCUT2D eigenvalue weighted by Crippen LogP contribution is -2.23. The Morgan fingerprint density at radius 3 is 0.919 bits per heavy atom. The van der Waals surface area contributed by atoms with Crippen LogP contribution in [0.3, 0.4) is 0 Å². The van der Waals surface area contributed by atoms with Crippen molar-refractivity contribution in [2.45, 2.75) is 19.1 Å². The molecule has 5 rings (SSSR count). The Balaban J connectivity index is 0.000000155. The number of aliphatic hydroxyl groups is 2. The largest absolute Gasteiger partial charge is 0.362 e. The molecule has 0 saturated heterocycles. The Bertz CT molecular complexity index is 1100. The van der Waals surface area contributed by atoms with E-state index >= 15 is 0 Å². The Kier molecular flexibility index (Phi) is 12.2. The minimum atomic E-state index is -1.67. The highest BCUT2D eigenvalue weighted by Crippen LogP contribution is 2.20. The number of rotatable bonds is 6. The summed E-state index contributed by atoms with van der Waals surface area (Å²) in [6.45, 7) is 1.73. The molecule has 0 heterocycles. The van der Waals surface area contributed by atoms with Gasteiger partial charge in [0.1, 0.15) is 0 Å². The van der Waals surface area contributed by atoms with Crippen LogP contribution in [-0.4, -0.2) is 10.2 Å². The zero-order valence-corrected chi connectivity index (χ0v) is 23.0. The maximum atomic E-state index is 9.35. The molecule has 0 saturated carbocycles. The monoisotopic (exact) mass is 524 g/mol. The zero-order valence-electron chi connectivity index (χ0n) is 21.0. The van der Waals surface area contributed by atoms with Gasteiger partial charge in [0.05, 0.1) is 0 Å². The molecule has 37 heavy (non-hydrogen) atoms. The summed E-state index contributed by atoms with van der Waals surface area (Å²) in [6.07, 6.45) is 0.303. The van der Waals surface area contributed by atoms with Crippen LogP contribution >= 0.6 is 17.2 Å². The van der Waals surface area contributed by atoms with Crippen molar-refractivity contribution < 1.29 is 10.2 Å². The summed E-state index contributed by atoms with van der Waals surface area (Å²) < 4.78 is 0. The molecular formula is C33H34O2P2. The Hall–Kier alpha value is -3.12. The molecule has 5 aromatic rings. The summed E-state index contributed by atoms with van der Waals surface area (Å²) in [7, 11) is 1.55. The van der Waals surface area contributed by atoms with Gasteiger partial charge in [-0.1, -0.05) is 176 Å². The summed E-state index contributed by atoms with van der Waals surface area (Å²) in [5.41, 5.74) is 0.544. The number of benzene rings is 5. The third kappa shape index (κ3) is 10.8. The second-order valence-electron chi connectivity index (χ2n) is 8.25. The summed E-state index contributed by atoms with van der Waals surface area (Å²) >= 11 is 0. The van der Waals surface area contributed by atoms with Gasteiger partial charge in [-0.25, -0.2) is 0 Å². The molecule has 0 aliphatic carbocycles. The zero-order chi connectivity index (χ0) is 26.2. The smallest absolute Gasteiger partial charge is 0.189 e. The number of hydrogen-bond donors (Lipinski definition) is 2. The van der Waals surface area contributed by atoms with Gasteiger partial charge in [0.2, 0.25) is 0 Å². The van der Waals surface area contributed by atoms with Gasteiger partial charge in [0, 0.05) is 12.0 Å². The van der Waals surface area contributed by atoms with Gasteiger partial charge in [0.15, 0.2) is 5.79 Å². The van der Waals surface area contributed by atoms with E-state index in [9.17, 15) is 10.2 Å². The minimum absolute atomic E-state index is 0.303. The van der Waals surface area contributed by atoms with Crippen LogP contribution in [0.2, 0.25) is 0 Å². The molecule has 0 aliphatic rings. The maximum Gasteiger partial charge on any atom is 0.189 e. The van der Waals surface area contributed by atoms with Crippen LogP contribution in [0, 0.1) is 0 Å². The van der Waals surface area contributed by atoms with Gasteiger partial charge in [-0.2, -0.15) is 0 Å². The molecule has 5 aromatic carbocycles. The van der Waals surface area contributed by atoms with Crippen molar-refractivity contribution in [3.63, 3.8) is 0 Å². The Labute approximate surface area is 224 Å². The van der Waals surface area contributed by atoms with Gasteiger partial charge in [0.25, 0.3) is 0 Å². The van der Waals surface area contributed by atoms with E-state index in [1.165, 1.54) is 21.2 Å². The second kappa shape index (κ2) is 15.9. The van der Waals surface area contributed by atoms with Crippen LogP contribution in [0.4, 0.5) is 0 Å². The van der Waals surface area contributed by atoms with Crippen LogP contribution in [-0.2, 0) is 5.79 Å². The van der Waals surface area contributed by atoms with Crippen LogP contribution < -0.4 is 21.2 Å². The van der Waals surface area contributed by atoms with Crippen LogP contribution in [0.15, 0.2) is 152 Å². The number of hydrogen-bond acceptors (Lipinski definition) is 2. The van der Waals surface area contributed by atoms with Crippen molar-refractivity contribution >= 4 is 38.4 Å². The second-order valence-corrected chi connectivity index (χ2v) is 11.1. The Morgan fingerprint density at radius 1 is 0.432 bits per heavy atom. The highest BCUT2D eigenvalue weighted by Gasteiger charge is 2.21. The highest BCUT2D eigenvalue weighted by atomic mass is 31.1. The van der Waals surface area contributed by atoms with Crippen molar-refractivity contribution in [2.24, 2.45) is 0 Å². The van der Waals surface area contributed by atoms with Crippen molar-refractivity contribution in [1.82, 2.24) is 0 Å². The average molecular weight is 525 g/mol. The molecule has 2 nitrogen and oxygen atoms in total. The molecule has 0 aliphatic heterocycles. The van der Waals surface area contributed by atoms with Crippen LogP contribution in [0.5, 0.6) is 0 Å². The van der Waals surface area contributed by atoms with Gasteiger partial charge in [-0.3, -0.25) is 0 Å². The first-order chi connectivity index (χ1) is 18.1. The van der Waals surface area contributed by atoms with E-state index in [-0.39, 0.29) is 0 Å². The van der Waals surface area contributed by atoms with Gasteiger partial charge >= 0.3 is 0 Å². The summed E-state index contributed by atoms with van der Waals surface area (Å²) in [6, 6.07) is 51.1. The Morgan fingerprint density at radius 2 is 0.676 bits per heavy atom. The third-order valence-electron chi connectivity index (χ3n) is 5.40. The van der Waals surface area contributed by atoms with Gasteiger partial charge < -0.3 is 10.2 Å². The molecular weight excluding hydrogens is 490 g/mol. The van der Waals surface area contributed by atoms with Crippen LogP contribution in [0.25, 0.3) is 0 Å². The molecule has 4 heteroatoms. The molecule has 0 unspecified atom stereocenters. The average Bonchev–Trinajstić information content (AvgIpc) is 2.96. The molecule has 188 valence electrons. The van der Waals surface area contributed by atoms with Gasteiger partial charge in [-0.05, 0) is 21.2 Å². The fourth-order valence-electron chi connectivity index (χ4n) is 3.33. The van der Waals surface area contributed by atoms with Crippen molar-refractivity contribution in [3.8, 4) is 0 Å². The highest BCUT2D eigenvalue weighted by molar-refractivity contribution is 7.55. The summed E-state index contributed by atoms with van der Waals surface area (Å²) in [4.78, 5) is 0. The predicted molar refractivity (Wildman–Crippen MR) is 164 cm³/mol. The van der Waals surface area contributed by atoms with Crippen molar-refractivity contribution in [2.75, 3.05) is 0 Å². The maximum absolute atomic E-state index is 9.35. The fraction of sp³-hybridized carbons (Fsp3) is 0.0909. The van der Waals surface area contributed by atoms with Crippen molar-refractivity contribution in [3.05, 3.63) is 157 Å². The van der Waals surface area contributed by atoms with Crippen molar-refractivity contribution in [1.29, 1.82) is 0 Å². The first-order valence-electron chi connectivity index (χ1n) is 12.3. The predicted octanol–water partition coefficient (Wildman–Crippen LogP) is 5.87. The van der Waals surface area contributed by atoms with E-state index in [4.69, 9.17) is 0 Å². The molecule has 0 atom stereocenters. The van der Waals surface area contributed by atoms with E-state index < -0.39 is 5.79 Å². The minimum Gasteiger partial charge on any atom is -0.362 e. The SMILES string of the molecule is CCC(O)(O)c1ccccc1.c1ccc(Pc2ccccc2)cc1.c1ccc(Pc2ccccc2)cc1. The lowest BCUT2D eigenvalue weighted by atomic mass is 10.0. The molecule has 0 amide bonds. The fourth-order valence-corrected chi connectivity index (χ4v) is 5.43. The first-order valence-corrected chi connectivity index (χ1v) is 14.3. The van der Waals surface area contributed by atoms with E-state index in [0.29, 0.717) is 12.0 Å². The van der Waals surface area contributed by atoms with E-state index in [1.54, 1.807) is 31.2 Å². The van der Waals surface area contributed by atoms with Gasteiger partial charge in [-0.15, -0.1) is 0 Å². The van der Waals surface area contributed by atoms with E-state index in [1.807, 2.05) is 6.07 Å². The molecule has 0 bridgehead atoms. The normalized spacial score (nSPS) is 10.4. The molecule has 2 N–H and O–H groups in total.